The Bertz CT molecular complexity index is 454. The number of rotatable bonds is 7. The van der Waals surface area contributed by atoms with Gasteiger partial charge in [-0.1, -0.05) is 30.3 Å². The average molecular weight is 283 g/mol. The molecule has 1 rings (SSSR count). The van der Waals surface area contributed by atoms with Crippen LogP contribution < -0.4 is 0 Å². The van der Waals surface area contributed by atoms with E-state index in [1.807, 2.05) is 30.3 Å². The topological polar surface area (TPSA) is 52.6 Å². The van der Waals surface area contributed by atoms with Crippen molar-refractivity contribution in [1.82, 2.24) is 0 Å². The van der Waals surface area contributed by atoms with Crippen molar-refractivity contribution >= 4 is 23.4 Å². The summed E-state index contributed by atoms with van der Waals surface area (Å²) in [4.78, 5) is 22.8. The summed E-state index contributed by atoms with van der Waals surface area (Å²) in [6.07, 6.45) is 0.727. The highest BCUT2D eigenvalue weighted by molar-refractivity contribution is 6.30. The Morgan fingerprint density at radius 3 is 2.53 bits per heavy atom. The van der Waals surface area contributed by atoms with Crippen molar-refractivity contribution in [3.63, 3.8) is 0 Å². The molecule has 102 valence electrons. The van der Waals surface area contributed by atoms with Gasteiger partial charge in [0.1, 0.15) is 13.0 Å². The van der Waals surface area contributed by atoms with Gasteiger partial charge in [-0.25, -0.2) is 0 Å². The molecule has 4 nitrogen and oxygen atoms in total. The number of carbonyl (C=O) groups is 2. The van der Waals surface area contributed by atoms with Crippen molar-refractivity contribution in [1.29, 1.82) is 0 Å². The largest absolute Gasteiger partial charge is 0.483 e. The van der Waals surface area contributed by atoms with Gasteiger partial charge in [0.05, 0.1) is 6.61 Å². The van der Waals surface area contributed by atoms with Gasteiger partial charge < -0.3 is 9.47 Å². The Kier molecular flexibility index (Phi) is 6.68. The molecule has 0 atom stereocenters. The van der Waals surface area contributed by atoms with Gasteiger partial charge in [0.2, 0.25) is 0 Å². The Balaban J connectivity index is 2.35. The van der Waals surface area contributed by atoms with Gasteiger partial charge in [0.25, 0.3) is 0 Å². The lowest BCUT2D eigenvalue weighted by molar-refractivity contribution is -0.146. The SMILES string of the molecule is CCOC(Cl)=CC(=O)CC(=O)OCc1ccccc1. The molecule has 5 heteroatoms. The highest BCUT2D eigenvalue weighted by atomic mass is 35.5. The van der Waals surface area contributed by atoms with Gasteiger partial charge >= 0.3 is 5.97 Å². The van der Waals surface area contributed by atoms with Gasteiger partial charge in [-0.15, -0.1) is 0 Å². The molecule has 0 saturated heterocycles. The third kappa shape index (κ3) is 6.62. The number of hydrogen-bond acceptors (Lipinski definition) is 4. The van der Waals surface area contributed by atoms with E-state index in [9.17, 15) is 9.59 Å². The number of hydrogen-bond donors (Lipinski definition) is 0. The third-order valence-electron chi connectivity index (χ3n) is 2.12. The van der Waals surface area contributed by atoms with Crippen molar-refractivity contribution in [3.05, 3.63) is 47.2 Å². The summed E-state index contributed by atoms with van der Waals surface area (Å²) in [5.41, 5.74) is 0.867. The Labute approximate surface area is 117 Å². The smallest absolute Gasteiger partial charge is 0.314 e. The Morgan fingerprint density at radius 2 is 1.89 bits per heavy atom. The van der Waals surface area contributed by atoms with E-state index in [1.54, 1.807) is 6.92 Å². The molecule has 19 heavy (non-hydrogen) atoms. The van der Waals surface area contributed by atoms with Crippen molar-refractivity contribution in [2.45, 2.75) is 20.0 Å². The second-order valence-electron chi connectivity index (χ2n) is 3.67. The minimum Gasteiger partial charge on any atom is -0.483 e. The number of halogens is 1. The first-order valence-electron chi connectivity index (χ1n) is 5.84. The molecule has 0 unspecified atom stereocenters. The van der Waals surface area contributed by atoms with Crippen LogP contribution >= 0.6 is 11.6 Å². The van der Waals surface area contributed by atoms with Crippen LogP contribution in [0.25, 0.3) is 0 Å². The molecule has 0 fully saturated rings. The van der Waals surface area contributed by atoms with E-state index in [0.717, 1.165) is 11.6 Å². The van der Waals surface area contributed by atoms with Crippen LogP contribution in [0.3, 0.4) is 0 Å². The number of ether oxygens (including phenoxy) is 2. The quantitative estimate of drug-likeness (QED) is 0.334. The summed E-state index contributed by atoms with van der Waals surface area (Å²) in [7, 11) is 0. The molecule has 0 saturated carbocycles. The summed E-state index contributed by atoms with van der Waals surface area (Å²) in [5, 5.41) is -0.0247. The van der Waals surface area contributed by atoms with E-state index >= 15 is 0 Å². The standard InChI is InChI=1S/C14H15ClO4/c1-2-18-13(15)8-12(16)9-14(17)19-10-11-6-4-3-5-7-11/h3-8H,2,9-10H2,1H3. The van der Waals surface area contributed by atoms with Gasteiger partial charge in [-0.05, 0) is 24.1 Å². The summed E-state index contributed by atoms with van der Waals surface area (Å²) in [5.74, 6) is -1.04. The zero-order valence-electron chi connectivity index (χ0n) is 10.6. The maximum Gasteiger partial charge on any atom is 0.314 e. The van der Waals surface area contributed by atoms with Crippen molar-refractivity contribution in [2.24, 2.45) is 0 Å². The predicted molar refractivity (Wildman–Crippen MR) is 71.4 cm³/mol. The summed E-state index contributed by atoms with van der Waals surface area (Å²) in [6, 6.07) is 9.23. The third-order valence-corrected chi connectivity index (χ3v) is 2.34. The zero-order valence-corrected chi connectivity index (χ0v) is 11.4. The predicted octanol–water partition coefficient (Wildman–Crippen LogP) is 2.81. The summed E-state index contributed by atoms with van der Waals surface area (Å²) < 4.78 is 9.84. The van der Waals surface area contributed by atoms with Gasteiger partial charge in [0.15, 0.2) is 11.0 Å². The first kappa shape index (κ1) is 15.2. The molecule has 0 amide bonds. The van der Waals surface area contributed by atoms with Crippen LogP contribution in [0.4, 0.5) is 0 Å². The Hall–Kier alpha value is -1.81. The molecule has 1 aromatic carbocycles. The minimum atomic E-state index is -0.592. The van der Waals surface area contributed by atoms with E-state index in [2.05, 4.69) is 0 Å². The number of ketones is 1. The molecule has 0 heterocycles. The summed E-state index contributed by atoms with van der Waals surface area (Å²) >= 11 is 5.60. The van der Waals surface area contributed by atoms with E-state index < -0.39 is 11.8 Å². The second kappa shape index (κ2) is 8.32. The molecule has 0 aromatic heterocycles. The van der Waals surface area contributed by atoms with Gasteiger partial charge in [0, 0.05) is 6.08 Å². The molecular formula is C14H15ClO4. The fraction of sp³-hybridized carbons (Fsp3) is 0.286. The highest BCUT2D eigenvalue weighted by Crippen LogP contribution is 2.06. The molecule has 0 aliphatic carbocycles. The fourth-order valence-electron chi connectivity index (χ4n) is 1.29. The average Bonchev–Trinajstić information content (AvgIpc) is 2.37. The molecular weight excluding hydrogens is 268 g/mol. The molecule has 0 radical (unpaired) electrons. The number of allylic oxidation sites excluding steroid dienone is 1. The first-order chi connectivity index (χ1) is 9.11. The molecule has 0 aliphatic heterocycles. The maximum absolute atomic E-state index is 11.4. The fourth-order valence-corrected chi connectivity index (χ4v) is 1.52. The van der Waals surface area contributed by atoms with Crippen LogP contribution in [-0.2, 0) is 25.7 Å². The molecule has 0 bridgehead atoms. The second-order valence-corrected chi connectivity index (χ2v) is 4.04. The number of esters is 1. The lowest BCUT2D eigenvalue weighted by Gasteiger charge is -2.03. The monoisotopic (exact) mass is 282 g/mol. The van der Waals surface area contributed by atoms with Crippen LogP contribution in [-0.4, -0.2) is 18.4 Å². The van der Waals surface area contributed by atoms with Crippen molar-refractivity contribution < 1.29 is 19.1 Å². The van der Waals surface area contributed by atoms with E-state index in [-0.39, 0.29) is 18.2 Å². The van der Waals surface area contributed by atoms with Crippen molar-refractivity contribution in [2.75, 3.05) is 6.61 Å². The van der Waals surface area contributed by atoms with Crippen LogP contribution in [0.5, 0.6) is 0 Å². The Morgan fingerprint density at radius 1 is 1.21 bits per heavy atom. The van der Waals surface area contributed by atoms with Gasteiger partial charge in [-0.2, -0.15) is 0 Å². The molecule has 0 spiro atoms. The van der Waals surface area contributed by atoms with E-state index in [1.165, 1.54) is 0 Å². The normalized spacial score (nSPS) is 10.9. The van der Waals surface area contributed by atoms with E-state index in [4.69, 9.17) is 21.1 Å². The zero-order chi connectivity index (χ0) is 14.1. The molecule has 1 aromatic rings. The van der Waals surface area contributed by atoms with Crippen LogP contribution in [0, 0.1) is 0 Å². The lowest BCUT2D eigenvalue weighted by Crippen LogP contribution is -2.10. The number of carbonyl (C=O) groups excluding carboxylic acids is 2. The van der Waals surface area contributed by atoms with Gasteiger partial charge in [-0.3, -0.25) is 9.59 Å². The van der Waals surface area contributed by atoms with Crippen LogP contribution in [0.2, 0.25) is 0 Å². The summed E-state index contributed by atoms with van der Waals surface area (Å²) in [6.45, 7) is 2.26. The highest BCUT2D eigenvalue weighted by Gasteiger charge is 2.10. The lowest BCUT2D eigenvalue weighted by atomic mass is 10.2. The number of benzene rings is 1. The van der Waals surface area contributed by atoms with Crippen LogP contribution in [0.15, 0.2) is 41.6 Å². The van der Waals surface area contributed by atoms with E-state index in [0.29, 0.717) is 6.61 Å². The first-order valence-corrected chi connectivity index (χ1v) is 6.22. The maximum atomic E-state index is 11.4. The van der Waals surface area contributed by atoms with Crippen molar-refractivity contribution in [3.8, 4) is 0 Å². The molecule has 0 aliphatic rings. The molecule has 0 N–H and O–H groups in total. The van der Waals surface area contributed by atoms with Crippen LogP contribution in [0.1, 0.15) is 18.9 Å². The minimum absolute atomic E-state index is 0.0247.